The second kappa shape index (κ2) is 10.5. The molecule has 1 aliphatic rings. The summed E-state index contributed by atoms with van der Waals surface area (Å²) in [4.78, 5) is 12.4. The molecule has 3 aromatic rings. The quantitative estimate of drug-likeness (QED) is 0.438. The number of para-hydroxylation sites is 1. The van der Waals surface area contributed by atoms with Crippen LogP contribution in [0.3, 0.4) is 0 Å². The number of carbonyl (C=O) groups excluding carboxylic acids is 1. The van der Waals surface area contributed by atoms with Gasteiger partial charge in [-0.3, -0.25) is 9.52 Å². The molecule has 0 radical (unpaired) electrons. The lowest BCUT2D eigenvalue weighted by Crippen LogP contribution is -2.27. The molecule has 3 aromatic carbocycles. The normalized spacial score (nSPS) is 11.9. The Hall–Kier alpha value is -2.74. The van der Waals surface area contributed by atoms with Crippen LogP contribution in [0.5, 0.6) is 5.75 Å². The number of hydrogen-bond acceptors (Lipinski definition) is 4. The van der Waals surface area contributed by atoms with Gasteiger partial charge >= 0.3 is 0 Å². The zero-order valence-corrected chi connectivity index (χ0v) is 19.2. The molecule has 0 saturated carbocycles. The molecule has 0 aliphatic carbocycles. The molecule has 9 heteroatoms. The highest BCUT2D eigenvalue weighted by molar-refractivity contribution is 7.92. The predicted molar refractivity (Wildman–Crippen MR) is 132 cm³/mol. The van der Waals surface area contributed by atoms with Crippen LogP contribution in [-0.4, -0.2) is 20.9 Å². The minimum Gasteiger partial charge on any atom is -0.487 e. The van der Waals surface area contributed by atoms with Crippen LogP contribution in [0.1, 0.15) is 24.1 Å². The Morgan fingerprint density at radius 1 is 1.00 bits per heavy atom. The Morgan fingerprint density at radius 2 is 1.79 bits per heavy atom. The lowest BCUT2D eigenvalue weighted by Gasteiger charge is -2.14. The SMILES string of the molecule is C.O=C(Cc1ccc(Cl)c(Cl)c1)NCCc1ccccc1NS(=O)(=O)c1ccc2cc1OC2. The summed E-state index contributed by atoms with van der Waals surface area (Å²) < 4.78 is 33.9. The Bertz CT molecular complexity index is 1280. The molecule has 1 amide bonds. The standard InChI is InChI=1S/C23H20Cl2N2O4S.CH4/c24-18-7-5-15(11-19(18)25)13-23(28)26-10-9-17-3-1-2-4-20(17)27-32(29,30)22-8-6-16-12-21(22)31-14-16;/h1-8,11-12,27H,9-10,13-14H2,(H,26,28);1H4. The average Bonchev–Trinajstić information content (AvgIpc) is 3.11. The van der Waals surface area contributed by atoms with E-state index < -0.39 is 10.0 Å². The molecule has 0 saturated heterocycles. The lowest BCUT2D eigenvalue weighted by atomic mass is 10.1. The minimum absolute atomic E-state index is 0. The molecule has 174 valence electrons. The van der Waals surface area contributed by atoms with E-state index in [1.165, 1.54) is 0 Å². The molecule has 0 atom stereocenters. The number of sulfonamides is 1. The first-order chi connectivity index (χ1) is 15.3. The van der Waals surface area contributed by atoms with Crippen molar-refractivity contribution in [1.82, 2.24) is 5.32 Å². The molecule has 1 heterocycles. The topological polar surface area (TPSA) is 84.5 Å². The highest BCUT2D eigenvalue weighted by Gasteiger charge is 2.24. The third-order valence-electron chi connectivity index (χ3n) is 5.02. The van der Waals surface area contributed by atoms with E-state index >= 15 is 0 Å². The van der Waals surface area contributed by atoms with Crippen LogP contribution in [0.4, 0.5) is 5.69 Å². The molecule has 2 N–H and O–H groups in total. The molecule has 0 fully saturated rings. The first-order valence-electron chi connectivity index (χ1n) is 9.89. The number of hydrogen-bond donors (Lipinski definition) is 2. The summed E-state index contributed by atoms with van der Waals surface area (Å²) in [5.74, 6) is 0.184. The fraction of sp³-hybridized carbons (Fsp3) is 0.208. The first kappa shape index (κ1) is 24.9. The largest absolute Gasteiger partial charge is 0.487 e. The van der Waals surface area contributed by atoms with Crippen molar-refractivity contribution in [2.45, 2.75) is 31.8 Å². The highest BCUT2D eigenvalue weighted by atomic mass is 35.5. The number of carbonyl (C=O) groups is 1. The molecule has 4 rings (SSSR count). The maximum Gasteiger partial charge on any atom is 0.265 e. The number of amides is 1. The van der Waals surface area contributed by atoms with Gasteiger partial charge in [-0.25, -0.2) is 8.42 Å². The van der Waals surface area contributed by atoms with E-state index in [4.69, 9.17) is 27.9 Å². The van der Waals surface area contributed by atoms with Gasteiger partial charge in [0.15, 0.2) is 0 Å². The Morgan fingerprint density at radius 3 is 2.58 bits per heavy atom. The molecule has 1 aliphatic heterocycles. The molecule has 0 spiro atoms. The van der Waals surface area contributed by atoms with Gasteiger partial charge in [-0.05, 0) is 53.4 Å². The number of nitrogens with one attached hydrogen (secondary N) is 2. The van der Waals surface area contributed by atoms with Gasteiger partial charge in [0.05, 0.1) is 22.2 Å². The van der Waals surface area contributed by atoms with Crippen molar-refractivity contribution in [2.75, 3.05) is 11.3 Å². The van der Waals surface area contributed by atoms with E-state index in [-0.39, 0.29) is 24.7 Å². The van der Waals surface area contributed by atoms with E-state index in [0.29, 0.717) is 41.1 Å². The molecular weight excluding hydrogens is 483 g/mol. The average molecular weight is 507 g/mol. The summed E-state index contributed by atoms with van der Waals surface area (Å²) >= 11 is 11.9. The number of fused-ring (bicyclic) bond motifs is 2. The van der Waals surface area contributed by atoms with Crippen LogP contribution in [0.15, 0.2) is 65.6 Å². The summed E-state index contributed by atoms with van der Waals surface area (Å²) in [5, 5.41) is 3.68. The Labute approximate surface area is 203 Å². The van der Waals surface area contributed by atoms with Gasteiger partial charge in [0.25, 0.3) is 10.0 Å². The van der Waals surface area contributed by atoms with E-state index in [9.17, 15) is 13.2 Å². The predicted octanol–water partition coefficient (Wildman–Crippen LogP) is 5.22. The Balaban J connectivity index is 0.00000306. The zero-order chi connectivity index (χ0) is 22.7. The number of benzene rings is 3. The summed E-state index contributed by atoms with van der Waals surface area (Å²) in [6, 6.07) is 17.2. The molecular formula is C24H24Cl2N2O4S. The van der Waals surface area contributed by atoms with Crippen molar-refractivity contribution in [3.8, 4) is 5.75 Å². The van der Waals surface area contributed by atoms with Crippen molar-refractivity contribution in [3.05, 3.63) is 87.4 Å². The molecule has 0 unspecified atom stereocenters. The van der Waals surface area contributed by atoms with Crippen LogP contribution >= 0.6 is 23.2 Å². The van der Waals surface area contributed by atoms with Crippen molar-refractivity contribution in [2.24, 2.45) is 0 Å². The number of halogens is 2. The summed E-state index contributed by atoms with van der Waals surface area (Å²) in [6.07, 6.45) is 0.623. The van der Waals surface area contributed by atoms with Gasteiger partial charge in [0.2, 0.25) is 5.91 Å². The maximum absolute atomic E-state index is 12.9. The van der Waals surface area contributed by atoms with Crippen molar-refractivity contribution >= 4 is 44.8 Å². The van der Waals surface area contributed by atoms with E-state index in [1.54, 1.807) is 48.5 Å². The first-order valence-corrected chi connectivity index (χ1v) is 12.1. The number of ether oxygens (including phenoxy) is 1. The van der Waals surface area contributed by atoms with Crippen LogP contribution in [0.2, 0.25) is 10.0 Å². The lowest BCUT2D eigenvalue weighted by molar-refractivity contribution is -0.120. The van der Waals surface area contributed by atoms with Crippen molar-refractivity contribution < 1.29 is 17.9 Å². The minimum atomic E-state index is -3.82. The van der Waals surface area contributed by atoms with Crippen LogP contribution in [0, 0.1) is 0 Å². The maximum atomic E-state index is 12.9. The Kier molecular flexibility index (Phi) is 7.89. The molecule has 0 aromatic heterocycles. The van der Waals surface area contributed by atoms with Crippen LogP contribution in [0.25, 0.3) is 0 Å². The van der Waals surface area contributed by atoms with E-state index in [0.717, 1.165) is 16.7 Å². The zero-order valence-electron chi connectivity index (χ0n) is 16.9. The van der Waals surface area contributed by atoms with E-state index in [1.807, 2.05) is 12.1 Å². The fourth-order valence-electron chi connectivity index (χ4n) is 3.41. The number of anilines is 1. The smallest absolute Gasteiger partial charge is 0.265 e. The summed E-state index contributed by atoms with van der Waals surface area (Å²) in [5.41, 5.74) is 2.92. The highest BCUT2D eigenvalue weighted by Crippen LogP contribution is 2.32. The summed E-state index contributed by atoms with van der Waals surface area (Å²) in [6.45, 7) is 0.727. The van der Waals surface area contributed by atoms with Gasteiger partial charge in [-0.2, -0.15) is 0 Å². The second-order valence-corrected chi connectivity index (χ2v) is 9.82. The van der Waals surface area contributed by atoms with E-state index in [2.05, 4.69) is 10.0 Å². The van der Waals surface area contributed by atoms with Gasteiger partial charge in [-0.1, -0.05) is 61.0 Å². The monoisotopic (exact) mass is 506 g/mol. The van der Waals surface area contributed by atoms with Gasteiger partial charge in [0, 0.05) is 6.54 Å². The fourth-order valence-corrected chi connectivity index (χ4v) is 4.96. The van der Waals surface area contributed by atoms with Gasteiger partial charge < -0.3 is 10.1 Å². The molecule has 2 bridgehead atoms. The van der Waals surface area contributed by atoms with Crippen molar-refractivity contribution in [3.63, 3.8) is 0 Å². The van der Waals surface area contributed by atoms with Crippen molar-refractivity contribution in [1.29, 1.82) is 0 Å². The summed E-state index contributed by atoms with van der Waals surface area (Å²) in [7, 11) is -3.82. The molecule has 6 nitrogen and oxygen atoms in total. The van der Waals surface area contributed by atoms with Gasteiger partial charge in [0.1, 0.15) is 17.3 Å². The number of rotatable bonds is 8. The van der Waals surface area contributed by atoms with Gasteiger partial charge in [-0.15, -0.1) is 0 Å². The van der Waals surface area contributed by atoms with Crippen LogP contribution in [-0.2, 0) is 34.3 Å². The molecule has 33 heavy (non-hydrogen) atoms. The third-order valence-corrected chi connectivity index (χ3v) is 7.16. The van der Waals surface area contributed by atoms with Crippen LogP contribution < -0.4 is 14.8 Å². The third kappa shape index (κ3) is 5.99. The second-order valence-electron chi connectivity index (χ2n) is 7.36.